The molecule has 2 heterocycles. The van der Waals surface area contributed by atoms with Crippen LogP contribution in [0.25, 0.3) is 16.9 Å². The third-order valence-electron chi connectivity index (χ3n) is 2.80. The maximum Gasteiger partial charge on any atom is 0.293 e. The van der Waals surface area contributed by atoms with Crippen molar-refractivity contribution >= 4 is 17.2 Å². The van der Waals surface area contributed by atoms with E-state index in [0.29, 0.717) is 16.9 Å². The van der Waals surface area contributed by atoms with E-state index in [2.05, 4.69) is 10.1 Å². The first-order valence-corrected chi connectivity index (χ1v) is 5.85. The molecule has 0 atom stereocenters. The Morgan fingerprint density at radius 3 is 2.74 bits per heavy atom. The molecule has 0 aliphatic heterocycles. The summed E-state index contributed by atoms with van der Waals surface area (Å²) in [5.74, 6) is 0. The summed E-state index contributed by atoms with van der Waals surface area (Å²) in [6, 6.07) is 11.2. The summed E-state index contributed by atoms with van der Waals surface area (Å²) in [6.07, 6.45) is 1.33. The zero-order chi connectivity index (χ0) is 13.4. The molecule has 1 N–H and O–H groups in total. The number of rotatable bonds is 1. The predicted molar refractivity (Wildman–Crippen MR) is 71.0 cm³/mol. The van der Waals surface area contributed by atoms with Gasteiger partial charge in [0.2, 0.25) is 0 Å². The van der Waals surface area contributed by atoms with Crippen molar-refractivity contribution < 1.29 is 0 Å². The van der Waals surface area contributed by atoms with Gasteiger partial charge in [-0.1, -0.05) is 41.9 Å². The number of halogens is 1. The maximum atomic E-state index is 12.1. The normalized spacial score (nSPS) is 10.5. The van der Waals surface area contributed by atoms with Gasteiger partial charge in [-0.25, -0.2) is 0 Å². The lowest BCUT2D eigenvalue weighted by Crippen LogP contribution is -2.16. The molecular formula is C13H7ClN4O. The number of aromatic nitrogens is 3. The fourth-order valence-electron chi connectivity index (χ4n) is 1.88. The molecule has 19 heavy (non-hydrogen) atoms. The van der Waals surface area contributed by atoms with Crippen molar-refractivity contribution in [3.63, 3.8) is 0 Å². The quantitative estimate of drug-likeness (QED) is 0.737. The number of nitriles is 1. The van der Waals surface area contributed by atoms with Crippen LogP contribution in [0.15, 0.2) is 41.3 Å². The highest BCUT2D eigenvalue weighted by molar-refractivity contribution is 6.32. The van der Waals surface area contributed by atoms with Gasteiger partial charge in [0.1, 0.15) is 16.7 Å². The number of hydrogen-bond acceptors (Lipinski definition) is 3. The molecule has 92 valence electrons. The van der Waals surface area contributed by atoms with E-state index in [4.69, 9.17) is 16.9 Å². The molecule has 6 heteroatoms. The highest BCUT2D eigenvalue weighted by atomic mass is 35.5. The van der Waals surface area contributed by atoms with Gasteiger partial charge in [-0.2, -0.15) is 14.9 Å². The molecular weight excluding hydrogens is 264 g/mol. The van der Waals surface area contributed by atoms with Gasteiger partial charge in [0.05, 0.1) is 11.9 Å². The van der Waals surface area contributed by atoms with E-state index < -0.39 is 5.56 Å². The summed E-state index contributed by atoms with van der Waals surface area (Å²) < 4.78 is 1.09. The van der Waals surface area contributed by atoms with Crippen molar-refractivity contribution in [2.24, 2.45) is 0 Å². The molecule has 0 spiro atoms. The summed E-state index contributed by atoms with van der Waals surface area (Å²) in [7, 11) is 0. The van der Waals surface area contributed by atoms with Crippen LogP contribution >= 0.6 is 11.6 Å². The number of hydrogen-bond donors (Lipinski definition) is 1. The molecule has 0 bridgehead atoms. The molecule has 0 unspecified atom stereocenters. The van der Waals surface area contributed by atoms with E-state index in [0.717, 1.165) is 10.1 Å². The number of fused-ring (bicyclic) bond motifs is 1. The predicted octanol–water partition coefficient (Wildman–Crippen LogP) is 2.21. The minimum atomic E-state index is -0.448. The SMILES string of the molecule is N#Cc1cnn2c(=O)c(Cl)c(-c3ccccc3)[nH]c12. The second kappa shape index (κ2) is 4.26. The number of benzene rings is 1. The van der Waals surface area contributed by atoms with Crippen molar-refractivity contribution in [1.82, 2.24) is 14.6 Å². The number of H-pyrrole nitrogens is 1. The summed E-state index contributed by atoms with van der Waals surface area (Å²) in [5.41, 5.74) is 1.45. The Labute approximate surface area is 112 Å². The van der Waals surface area contributed by atoms with Crippen molar-refractivity contribution in [2.75, 3.05) is 0 Å². The fourth-order valence-corrected chi connectivity index (χ4v) is 2.12. The summed E-state index contributed by atoms with van der Waals surface area (Å²) in [5, 5.41) is 12.9. The minimum Gasteiger partial charge on any atom is -0.337 e. The Kier molecular flexibility index (Phi) is 2.58. The first-order valence-electron chi connectivity index (χ1n) is 5.47. The largest absolute Gasteiger partial charge is 0.337 e. The van der Waals surface area contributed by atoms with E-state index in [9.17, 15) is 4.79 Å². The summed E-state index contributed by atoms with van der Waals surface area (Å²) in [6.45, 7) is 0. The van der Waals surface area contributed by atoms with E-state index in [1.165, 1.54) is 6.20 Å². The summed E-state index contributed by atoms with van der Waals surface area (Å²) in [4.78, 5) is 15.1. The second-order valence-electron chi connectivity index (χ2n) is 3.92. The van der Waals surface area contributed by atoms with Gasteiger partial charge >= 0.3 is 0 Å². The molecule has 0 amide bonds. The summed E-state index contributed by atoms with van der Waals surface area (Å²) >= 11 is 6.07. The molecule has 0 radical (unpaired) electrons. The van der Waals surface area contributed by atoms with Gasteiger partial charge in [-0.15, -0.1) is 0 Å². The van der Waals surface area contributed by atoms with Crippen LogP contribution in [0.1, 0.15) is 5.56 Å². The third-order valence-corrected chi connectivity index (χ3v) is 3.15. The Hall–Kier alpha value is -2.58. The Balaban J connectivity index is 2.41. The van der Waals surface area contributed by atoms with E-state index >= 15 is 0 Å². The molecule has 0 saturated carbocycles. The van der Waals surface area contributed by atoms with Crippen LogP contribution in [-0.4, -0.2) is 14.6 Å². The zero-order valence-electron chi connectivity index (χ0n) is 9.59. The minimum absolute atomic E-state index is 0.0475. The molecule has 0 fully saturated rings. The Morgan fingerprint density at radius 1 is 1.32 bits per heavy atom. The lowest BCUT2D eigenvalue weighted by atomic mass is 10.1. The van der Waals surface area contributed by atoms with Crippen LogP contribution in [0.4, 0.5) is 0 Å². The lowest BCUT2D eigenvalue weighted by molar-refractivity contribution is 0.901. The van der Waals surface area contributed by atoms with Crippen molar-refractivity contribution in [3.8, 4) is 17.3 Å². The standard InChI is InChI=1S/C13H7ClN4O/c14-10-11(8-4-2-1-3-5-8)17-12-9(6-15)7-16-18(12)13(10)19/h1-5,7,17H. The molecule has 0 aliphatic carbocycles. The smallest absolute Gasteiger partial charge is 0.293 e. The highest BCUT2D eigenvalue weighted by Gasteiger charge is 2.14. The number of aromatic amines is 1. The Bertz CT molecular complexity index is 858. The monoisotopic (exact) mass is 270 g/mol. The van der Waals surface area contributed by atoms with Crippen LogP contribution in [0.2, 0.25) is 5.02 Å². The van der Waals surface area contributed by atoms with Crippen molar-refractivity contribution in [3.05, 3.63) is 57.5 Å². The van der Waals surface area contributed by atoms with Gasteiger partial charge in [0, 0.05) is 0 Å². The van der Waals surface area contributed by atoms with E-state index in [1.807, 2.05) is 36.4 Å². The molecule has 1 aromatic carbocycles. The van der Waals surface area contributed by atoms with Crippen molar-refractivity contribution in [1.29, 1.82) is 5.26 Å². The van der Waals surface area contributed by atoms with Gasteiger partial charge in [0.15, 0.2) is 5.65 Å². The average Bonchev–Trinajstić information content (AvgIpc) is 2.86. The topological polar surface area (TPSA) is 74.0 Å². The molecule has 3 aromatic rings. The molecule has 0 aliphatic rings. The lowest BCUT2D eigenvalue weighted by Gasteiger charge is -2.05. The van der Waals surface area contributed by atoms with Crippen LogP contribution in [0, 0.1) is 11.3 Å². The van der Waals surface area contributed by atoms with E-state index in [1.54, 1.807) is 0 Å². The highest BCUT2D eigenvalue weighted by Crippen LogP contribution is 2.23. The fraction of sp³-hybridized carbons (Fsp3) is 0. The third kappa shape index (κ3) is 1.70. The van der Waals surface area contributed by atoms with Crippen LogP contribution < -0.4 is 5.56 Å². The van der Waals surface area contributed by atoms with Gasteiger partial charge in [-0.3, -0.25) is 4.79 Å². The van der Waals surface area contributed by atoms with Crippen LogP contribution in [-0.2, 0) is 0 Å². The van der Waals surface area contributed by atoms with E-state index in [-0.39, 0.29) is 5.02 Å². The second-order valence-corrected chi connectivity index (χ2v) is 4.29. The molecule has 2 aromatic heterocycles. The van der Waals surface area contributed by atoms with Gasteiger partial charge in [0.25, 0.3) is 5.56 Å². The van der Waals surface area contributed by atoms with Crippen LogP contribution in [0.5, 0.6) is 0 Å². The van der Waals surface area contributed by atoms with Crippen molar-refractivity contribution in [2.45, 2.75) is 0 Å². The number of nitrogens with one attached hydrogen (secondary N) is 1. The van der Waals surface area contributed by atoms with Gasteiger partial charge in [-0.05, 0) is 5.56 Å². The average molecular weight is 271 g/mol. The molecule has 3 rings (SSSR count). The molecule has 0 saturated heterocycles. The zero-order valence-corrected chi connectivity index (χ0v) is 10.3. The maximum absolute atomic E-state index is 12.1. The first-order chi connectivity index (χ1) is 9.22. The molecule has 5 nitrogen and oxygen atoms in total. The van der Waals surface area contributed by atoms with Gasteiger partial charge < -0.3 is 4.98 Å². The Morgan fingerprint density at radius 2 is 2.05 bits per heavy atom. The number of nitrogens with zero attached hydrogens (tertiary/aromatic N) is 3. The first kappa shape index (κ1) is 11.5. The van der Waals surface area contributed by atoms with Crippen LogP contribution in [0.3, 0.4) is 0 Å².